The molecule has 0 aromatic heterocycles. The molecular formula is C13H16NO6S-. The monoisotopic (exact) mass is 314 g/mol. The van der Waals surface area contributed by atoms with Gasteiger partial charge in [-0.3, -0.25) is 9.59 Å². The Morgan fingerprint density at radius 2 is 2.14 bits per heavy atom. The number of esters is 1. The fourth-order valence-corrected chi connectivity index (χ4v) is 4.01. The van der Waals surface area contributed by atoms with Gasteiger partial charge in [-0.15, -0.1) is 11.8 Å². The van der Waals surface area contributed by atoms with Crippen molar-refractivity contribution in [1.82, 2.24) is 4.90 Å². The average molecular weight is 314 g/mol. The van der Waals surface area contributed by atoms with Gasteiger partial charge in [0.2, 0.25) is 5.91 Å². The lowest BCUT2D eigenvalue weighted by Crippen LogP contribution is -2.64. The number of methoxy groups -OCH3 is 1. The predicted molar refractivity (Wildman–Crippen MR) is 71.5 cm³/mol. The zero-order valence-electron chi connectivity index (χ0n) is 11.9. The molecule has 0 bridgehead atoms. The number of hydrogen-bond acceptors (Lipinski definition) is 7. The van der Waals surface area contributed by atoms with E-state index in [0.717, 1.165) is 16.7 Å². The fourth-order valence-electron chi connectivity index (χ4n) is 2.90. The summed E-state index contributed by atoms with van der Waals surface area (Å²) in [5.41, 5.74) is -0.191. The topological polar surface area (TPSA) is 107 Å². The molecule has 7 nitrogen and oxygen atoms in total. The van der Waals surface area contributed by atoms with Crippen molar-refractivity contribution in [2.45, 2.75) is 26.0 Å². The number of carboxylic acids is 1. The van der Waals surface area contributed by atoms with E-state index in [0.29, 0.717) is 4.91 Å². The quantitative estimate of drug-likeness (QED) is 0.497. The minimum atomic E-state index is -1.45. The zero-order valence-corrected chi connectivity index (χ0v) is 12.7. The molecule has 1 fully saturated rings. The minimum absolute atomic E-state index is 0.0406. The van der Waals surface area contributed by atoms with E-state index >= 15 is 0 Å². The van der Waals surface area contributed by atoms with Gasteiger partial charge in [0.25, 0.3) is 0 Å². The van der Waals surface area contributed by atoms with Crippen molar-refractivity contribution in [3.8, 4) is 0 Å². The number of carbonyl (C=O) groups is 3. The van der Waals surface area contributed by atoms with Crippen LogP contribution in [0.1, 0.15) is 13.8 Å². The summed E-state index contributed by atoms with van der Waals surface area (Å²) in [6.07, 6.45) is -0.853. The van der Waals surface area contributed by atoms with Crippen LogP contribution in [0.25, 0.3) is 0 Å². The molecule has 2 rings (SSSR count). The average Bonchev–Trinajstić information content (AvgIpc) is 2.65. The van der Waals surface area contributed by atoms with Crippen LogP contribution < -0.4 is 5.11 Å². The van der Waals surface area contributed by atoms with Crippen molar-refractivity contribution in [1.29, 1.82) is 0 Å². The highest BCUT2D eigenvalue weighted by atomic mass is 32.2. The maximum absolute atomic E-state index is 12.0. The van der Waals surface area contributed by atoms with Crippen LogP contribution in [-0.4, -0.2) is 52.9 Å². The van der Waals surface area contributed by atoms with Gasteiger partial charge < -0.3 is 24.6 Å². The van der Waals surface area contributed by atoms with E-state index in [1.807, 2.05) is 0 Å². The van der Waals surface area contributed by atoms with Crippen molar-refractivity contribution in [2.24, 2.45) is 11.8 Å². The number of carboxylic acid groups (broad SMARTS) is 1. The zero-order chi connectivity index (χ0) is 15.9. The summed E-state index contributed by atoms with van der Waals surface area (Å²) >= 11 is 1.03. The van der Waals surface area contributed by atoms with Crippen LogP contribution >= 0.6 is 11.8 Å². The number of β-lactam (4-membered cyclic amide) rings is 1. The van der Waals surface area contributed by atoms with Gasteiger partial charge in [0, 0.05) is 10.8 Å². The molecule has 2 aliphatic heterocycles. The molecule has 8 heteroatoms. The largest absolute Gasteiger partial charge is 0.543 e. The Bertz CT molecular complexity index is 529. The highest BCUT2D eigenvalue weighted by molar-refractivity contribution is 8.03. The van der Waals surface area contributed by atoms with Gasteiger partial charge in [-0.2, -0.15) is 0 Å². The van der Waals surface area contributed by atoms with Gasteiger partial charge in [0.05, 0.1) is 42.6 Å². The van der Waals surface area contributed by atoms with Crippen molar-refractivity contribution in [2.75, 3.05) is 12.9 Å². The highest BCUT2D eigenvalue weighted by Crippen LogP contribution is 2.50. The van der Waals surface area contributed by atoms with Gasteiger partial charge in [0.15, 0.2) is 0 Å². The maximum Gasteiger partial charge on any atom is 0.315 e. The molecule has 1 N–H and O–H groups in total. The number of rotatable bonds is 5. The number of fused-ring (bicyclic) bond motifs is 1. The van der Waals surface area contributed by atoms with E-state index in [1.54, 1.807) is 6.92 Å². The van der Waals surface area contributed by atoms with Gasteiger partial charge in [-0.1, -0.05) is 6.92 Å². The molecule has 0 spiro atoms. The lowest BCUT2D eigenvalue weighted by atomic mass is 9.79. The fraction of sp³-hybridized carbons (Fsp3) is 0.615. The smallest absolute Gasteiger partial charge is 0.315 e. The Balaban J connectivity index is 2.28. The number of amides is 1. The summed E-state index contributed by atoms with van der Waals surface area (Å²) in [5.74, 6) is -3.29. The normalized spacial score (nSPS) is 29.0. The van der Waals surface area contributed by atoms with Crippen LogP contribution in [0.2, 0.25) is 0 Å². The number of aliphatic carboxylic acids is 1. The molecule has 2 heterocycles. The van der Waals surface area contributed by atoms with Crippen molar-refractivity contribution in [3.05, 3.63) is 10.6 Å². The van der Waals surface area contributed by atoms with Gasteiger partial charge >= 0.3 is 5.97 Å². The third-order valence-corrected chi connectivity index (χ3v) is 5.13. The van der Waals surface area contributed by atoms with E-state index in [1.165, 1.54) is 14.0 Å². The van der Waals surface area contributed by atoms with Crippen molar-refractivity contribution < 1.29 is 29.3 Å². The van der Waals surface area contributed by atoms with Crippen LogP contribution in [-0.2, 0) is 19.1 Å². The summed E-state index contributed by atoms with van der Waals surface area (Å²) in [6, 6.07) is -0.398. The summed E-state index contributed by atoms with van der Waals surface area (Å²) in [6.45, 7) is 3.28. The standard InChI is InChI=1S/C13H17NO6S/c1-5-9-8(6(2)15)12(17)14(9)10(13(18)19)11(5)21-4-7(16)20-3/h5-6,8-9,15H,4H2,1-3H3,(H,18,19)/p-1/t5-,6-,8-,9-/m1/s1. The second-order valence-corrected chi connectivity index (χ2v) is 6.14. The molecule has 21 heavy (non-hydrogen) atoms. The van der Waals surface area contributed by atoms with Gasteiger partial charge in [-0.05, 0) is 6.92 Å². The summed E-state index contributed by atoms with van der Waals surface area (Å²) in [7, 11) is 1.25. The molecule has 0 aromatic carbocycles. The first kappa shape index (κ1) is 15.8. The van der Waals surface area contributed by atoms with Crippen LogP contribution in [0.4, 0.5) is 0 Å². The summed E-state index contributed by atoms with van der Waals surface area (Å²) in [4.78, 5) is 36.2. The number of hydrogen-bond donors (Lipinski definition) is 1. The SMILES string of the molecule is COC(=O)CSC1=C(C(=O)[O-])N2C(=O)[C@H]([C@@H](C)O)[C@H]2[C@H]1C. The molecule has 2 aliphatic rings. The molecule has 0 unspecified atom stereocenters. The third-order valence-electron chi connectivity index (χ3n) is 3.88. The second kappa shape index (κ2) is 5.69. The van der Waals surface area contributed by atoms with Crippen LogP contribution in [0.3, 0.4) is 0 Å². The Hall–Kier alpha value is -1.54. The van der Waals surface area contributed by atoms with E-state index in [-0.39, 0.29) is 17.4 Å². The maximum atomic E-state index is 12.0. The number of thioether (sulfide) groups is 1. The van der Waals surface area contributed by atoms with E-state index in [2.05, 4.69) is 4.74 Å². The first-order chi connectivity index (χ1) is 9.81. The Kier molecular flexibility index (Phi) is 4.29. The first-order valence-corrected chi connectivity index (χ1v) is 7.46. The number of ether oxygens (including phenoxy) is 1. The van der Waals surface area contributed by atoms with Crippen LogP contribution in [0, 0.1) is 11.8 Å². The number of nitrogens with zero attached hydrogens (tertiary/aromatic N) is 1. The first-order valence-electron chi connectivity index (χ1n) is 6.47. The lowest BCUT2D eigenvalue weighted by molar-refractivity contribution is -0.301. The molecule has 1 saturated heterocycles. The molecule has 1 amide bonds. The summed E-state index contributed by atoms with van der Waals surface area (Å²) < 4.78 is 4.52. The second-order valence-electron chi connectivity index (χ2n) is 5.12. The van der Waals surface area contributed by atoms with Crippen LogP contribution in [0.15, 0.2) is 10.6 Å². The van der Waals surface area contributed by atoms with Crippen molar-refractivity contribution >= 4 is 29.6 Å². The minimum Gasteiger partial charge on any atom is -0.543 e. The molecule has 116 valence electrons. The number of carbonyl (C=O) groups excluding carboxylic acids is 3. The number of aliphatic hydroxyl groups excluding tert-OH is 1. The molecule has 0 aromatic rings. The Morgan fingerprint density at radius 3 is 2.62 bits per heavy atom. The lowest BCUT2D eigenvalue weighted by Gasteiger charge is -2.47. The third kappa shape index (κ3) is 2.42. The van der Waals surface area contributed by atoms with Crippen molar-refractivity contribution in [3.63, 3.8) is 0 Å². The summed E-state index contributed by atoms with van der Waals surface area (Å²) in [5, 5.41) is 21.0. The van der Waals surface area contributed by atoms with Gasteiger partial charge in [-0.25, -0.2) is 0 Å². The molecule has 0 saturated carbocycles. The molecular weight excluding hydrogens is 298 g/mol. The molecule has 4 atom stereocenters. The van der Waals surface area contributed by atoms with E-state index in [9.17, 15) is 24.6 Å². The van der Waals surface area contributed by atoms with E-state index in [4.69, 9.17) is 0 Å². The Labute approximate surface area is 125 Å². The van der Waals surface area contributed by atoms with E-state index < -0.39 is 35.9 Å². The van der Waals surface area contributed by atoms with Gasteiger partial charge in [0.1, 0.15) is 0 Å². The Morgan fingerprint density at radius 1 is 1.52 bits per heavy atom. The highest BCUT2D eigenvalue weighted by Gasteiger charge is 2.58. The predicted octanol–water partition coefficient (Wildman–Crippen LogP) is -1.29. The molecule has 0 aliphatic carbocycles. The molecule has 0 radical (unpaired) electrons. The number of aliphatic hydroxyl groups is 1. The van der Waals surface area contributed by atoms with Crippen LogP contribution in [0.5, 0.6) is 0 Å².